The minimum atomic E-state index is -1.00. The molecule has 1 aromatic heterocycles. The summed E-state index contributed by atoms with van der Waals surface area (Å²) in [6.45, 7) is -0.501. The van der Waals surface area contributed by atoms with Crippen LogP contribution in [0, 0.1) is 9.39 Å². The Morgan fingerprint density at radius 2 is 1.82 bits per heavy atom. The number of urea groups is 1. The number of hydrogen-bond donors (Lipinski definition) is 4. The largest absolute Gasteiger partial charge is 0.491 e. The Labute approximate surface area is 243 Å². The van der Waals surface area contributed by atoms with E-state index in [0.717, 1.165) is 14.0 Å². The summed E-state index contributed by atoms with van der Waals surface area (Å²) in [6.07, 6.45) is 0.797. The number of halogens is 2. The molecule has 3 atom stereocenters. The van der Waals surface area contributed by atoms with Gasteiger partial charge >= 0.3 is 6.03 Å². The maximum atomic E-state index is 14.7. The second-order valence-corrected chi connectivity index (χ2v) is 10.6. The van der Waals surface area contributed by atoms with Gasteiger partial charge in [0.15, 0.2) is 0 Å². The van der Waals surface area contributed by atoms with Crippen LogP contribution in [-0.4, -0.2) is 56.3 Å². The fraction of sp³-hybridized carbons (Fsp3) is 0.207. The number of carbonyl (C=O) groups is 2. The third-order valence-corrected chi connectivity index (χ3v) is 7.22. The summed E-state index contributed by atoms with van der Waals surface area (Å²) in [4.78, 5) is 35.7. The van der Waals surface area contributed by atoms with Gasteiger partial charge in [0.05, 0.1) is 18.5 Å². The molecule has 0 aliphatic carbocycles. The van der Waals surface area contributed by atoms with Crippen LogP contribution in [0.1, 0.15) is 29.0 Å². The lowest BCUT2D eigenvalue weighted by Gasteiger charge is -2.24. The normalized spacial score (nSPS) is 16.6. The molecule has 0 spiro atoms. The van der Waals surface area contributed by atoms with E-state index in [0.29, 0.717) is 34.8 Å². The molecular formula is C29H26FIN4O5. The molecule has 1 saturated heterocycles. The number of aliphatic hydroxyl groups is 2. The summed E-state index contributed by atoms with van der Waals surface area (Å²) in [5, 5.41) is 21.2. The molecule has 0 unspecified atom stereocenters. The molecule has 206 valence electrons. The summed E-state index contributed by atoms with van der Waals surface area (Å²) >= 11 is 2.04. The molecule has 3 amide bonds. The van der Waals surface area contributed by atoms with Crippen molar-refractivity contribution in [2.45, 2.75) is 24.6 Å². The molecular weight excluding hydrogens is 630 g/mol. The molecule has 0 saturated carbocycles. The van der Waals surface area contributed by atoms with Crippen LogP contribution in [0.4, 0.5) is 9.18 Å². The number of hydrogen-bond acceptors (Lipinski definition) is 6. The Kier molecular flexibility index (Phi) is 8.43. The van der Waals surface area contributed by atoms with Crippen LogP contribution in [-0.2, 0) is 11.2 Å². The van der Waals surface area contributed by atoms with E-state index < -0.39 is 42.6 Å². The number of imide groups is 1. The highest BCUT2D eigenvalue weighted by atomic mass is 127. The molecule has 11 heteroatoms. The third kappa shape index (κ3) is 6.01. The average molecular weight is 656 g/mol. The van der Waals surface area contributed by atoms with Gasteiger partial charge < -0.3 is 25.3 Å². The van der Waals surface area contributed by atoms with Gasteiger partial charge in [0.2, 0.25) is 0 Å². The van der Waals surface area contributed by atoms with Gasteiger partial charge in [-0.25, -0.2) is 14.2 Å². The maximum Gasteiger partial charge on any atom is 0.325 e. The Bertz CT molecular complexity index is 1500. The van der Waals surface area contributed by atoms with Crippen molar-refractivity contribution in [3.63, 3.8) is 0 Å². The minimum absolute atomic E-state index is 0.0822. The number of nitrogens with one attached hydrogen (secondary N) is 2. The average Bonchev–Trinajstić information content (AvgIpc) is 3.55. The predicted molar refractivity (Wildman–Crippen MR) is 153 cm³/mol. The number of rotatable bonds is 10. The monoisotopic (exact) mass is 656 g/mol. The van der Waals surface area contributed by atoms with Crippen molar-refractivity contribution in [1.82, 2.24) is 20.2 Å². The van der Waals surface area contributed by atoms with E-state index in [-0.39, 0.29) is 6.61 Å². The first kappa shape index (κ1) is 27.7. The van der Waals surface area contributed by atoms with Gasteiger partial charge in [-0.1, -0.05) is 42.5 Å². The highest BCUT2D eigenvalue weighted by Crippen LogP contribution is 2.33. The van der Waals surface area contributed by atoms with Crippen LogP contribution in [0.25, 0.3) is 11.3 Å². The smallest absolute Gasteiger partial charge is 0.325 e. The number of ether oxygens (including phenoxy) is 1. The minimum Gasteiger partial charge on any atom is -0.491 e. The quantitative estimate of drug-likeness (QED) is 0.150. The summed E-state index contributed by atoms with van der Waals surface area (Å²) in [6, 6.07) is 18.6. The van der Waals surface area contributed by atoms with E-state index in [1.807, 2.05) is 52.9 Å². The van der Waals surface area contributed by atoms with Gasteiger partial charge in [0.1, 0.15) is 42.2 Å². The third-order valence-electron chi connectivity index (χ3n) is 6.55. The van der Waals surface area contributed by atoms with Crippen molar-refractivity contribution >= 4 is 34.5 Å². The first-order valence-electron chi connectivity index (χ1n) is 12.5. The highest BCUT2D eigenvalue weighted by Gasteiger charge is 2.44. The van der Waals surface area contributed by atoms with Crippen LogP contribution in [0.15, 0.2) is 79.0 Å². The summed E-state index contributed by atoms with van der Waals surface area (Å²) in [7, 11) is 0. The fourth-order valence-electron chi connectivity index (χ4n) is 4.51. The molecule has 2 heterocycles. The van der Waals surface area contributed by atoms with Crippen molar-refractivity contribution in [3.05, 3.63) is 105 Å². The number of imidazole rings is 1. The number of nitrogens with zero attached hydrogens (tertiary/aromatic N) is 2. The molecule has 1 aliphatic heterocycles. The lowest BCUT2D eigenvalue weighted by Crippen LogP contribution is -2.36. The van der Waals surface area contributed by atoms with Gasteiger partial charge in [0, 0.05) is 15.6 Å². The lowest BCUT2D eigenvalue weighted by atomic mass is 10.0. The zero-order valence-corrected chi connectivity index (χ0v) is 23.3. The van der Waals surface area contributed by atoms with E-state index in [1.165, 1.54) is 12.3 Å². The Hall–Kier alpha value is -3.81. The summed E-state index contributed by atoms with van der Waals surface area (Å²) in [5.41, 5.74) is 2.21. The fourth-order valence-corrected chi connectivity index (χ4v) is 4.97. The molecule has 9 nitrogen and oxygen atoms in total. The van der Waals surface area contributed by atoms with E-state index in [4.69, 9.17) is 9.84 Å². The SMILES string of the molecule is O=C1N[C@H](c2ccc(OC[C@H](O)CO)cc2)C(=O)N1[C@@H](Cc1ccccc1)c1ncc(-c2ccc(I)cc2F)[nH]1. The van der Waals surface area contributed by atoms with E-state index in [9.17, 15) is 19.1 Å². The number of aromatic amines is 1. The van der Waals surface area contributed by atoms with Crippen molar-refractivity contribution in [2.75, 3.05) is 13.2 Å². The zero-order chi connectivity index (χ0) is 28.2. The Morgan fingerprint density at radius 1 is 1.07 bits per heavy atom. The molecule has 4 N–H and O–H groups in total. The first-order chi connectivity index (χ1) is 19.3. The van der Waals surface area contributed by atoms with Crippen molar-refractivity contribution < 1.29 is 28.9 Å². The number of benzene rings is 3. The molecule has 1 aliphatic rings. The Morgan fingerprint density at radius 3 is 2.52 bits per heavy atom. The van der Waals surface area contributed by atoms with Crippen molar-refractivity contribution in [2.24, 2.45) is 0 Å². The number of carbonyl (C=O) groups excluding carboxylic acids is 2. The zero-order valence-electron chi connectivity index (χ0n) is 21.1. The molecule has 3 aromatic carbocycles. The first-order valence-corrected chi connectivity index (χ1v) is 13.6. The predicted octanol–water partition coefficient (Wildman–Crippen LogP) is 4.13. The standard InChI is InChI=1S/C29H26FIN4O5/c30-23-13-19(31)8-11-22(23)24-14-32-27(33-24)25(12-17-4-2-1-3-5-17)35-28(38)26(34-29(35)39)18-6-9-21(10-7-18)40-16-20(37)15-36/h1-11,13-14,20,25-26,36-37H,12,15-16H2,(H,32,33)(H,34,39)/t20-,25+,26-/m1/s1. The number of aliphatic hydroxyl groups excluding tert-OH is 2. The van der Waals surface area contributed by atoms with Crippen LogP contribution >= 0.6 is 22.6 Å². The molecule has 40 heavy (non-hydrogen) atoms. The second-order valence-electron chi connectivity index (χ2n) is 9.32. The van der Waals surface area contributed by atoms with Crippen LogP contribution in [0.2, 0.25) is 0 Å². The van der Waals surface area contributed by atoms with E-state index in [1.54, 1.807) is 36.4 Å². The van der Waals surface area contributed by atoms with Crippen LogP contribution in [0.3, 0.4) is 0 Å². The molecule has 0 radical (unpaired) electrons. The van der Waals surface area contributed by atoms with Crippen molar-refractivity contribution in [1.29, 1.82) is 0 Å². The van der Waals surface area contributed by atoms with Gasteiger partial charge in [0.25, 0.3) is 5.91 Å². The lowest BCUT2D eigenvalue weighted by molar-refractivity contribution is -0.129. The summed E-state index contributed by atoms with van der Waals surface area (Å²) in [5.74, 6) is -0.0614. The van der Waals surface area contributed by atoms with Gasteiger partial charge in [-0.15, -0.1) is 0 Å². The van der Waals surface area contributed by atoms with Crippen LogP contribution in [0.5, 0.6) is 5.75 Å². The molecule has 4 aromatic rings. The van der Waals surface area contributed by atoms with Crippen LogP contribution < -0.4 is 10.1 Å². The van der Waals surface area contributed by atoms with Gasteiger partial charge in [-0.3, -0.25) is 9.69 Å². The van der Waals surface area contributed by atoms with E-state index in [2.05, 4.69) is 15.3 Å². The van der Waals surface area contributed by atoms with Gasteiger partial charge in [-0.2, -0.15) is 0 Å². The number of aromatic nitrogens is 2. The summed E-state index contributed by atoms with van der Waals surface area (Å²) < 4.78 is 20.9. The molecule has 5 rings (SSSR count). The maximum absolute atomic E-state index is 14.7. The topological polar surface area (TPSA) is 128 Å². The molecule has 0 bridgehead atoms. The molecule has 1 fully saturated rings. The van der Waals surface area contributed by atoms with Gasteiger partial charge in [-0.05, 0) is 64.0 Å². The Balaban J connectivity index is 1.42. The second kappa shape index (κ2) is 12.1. The highest BCUT2D eigenvalue weighted by molar-refractivity contribution is 14.1. The van der Waals surface area contributed by atoms with Crippen molar-refractivity contribution in [3.8, 4) is 17.0 Å². The van der Waals surface area contributed by atoms with E-state index >= 15 is 0 Å². The number of H-pyrrole nitrogens is 1. The number of amides is 3.